The highest BCUT2D eigenvalue weighted by Crippen LogP contribution is 2.21. The summed E-state index contributed by atoms with van der Waals surface area (Å²) >= 11 is 3.17. The van der Waals surface area contributed by atoms with Crippen LogP contribution in [-0.2, 0) is 9.84 Å². The normalized spacial score (nSPS) is 11.2. The summed E-state index contributed by atoms with van der Waals surface area (Å²) in [5, 5.41) is 12.1. The van der Waals surface area contributed by atoms with E-state index < -0.39 is 15.7 Å². The number of hydrogen-bond donors (Lipinski definition) is 2. The average Bonchev–Trinajstić information content (AvgIpc) is 2.22. The van der Waals surface area contributed by atoms with E-state index in [1.165, 1.54) is 12.1 Å². The number of amides is 1. The summed E-state index contributed by atoms with van der Waals surface area (Å²) in [6.45, 7) is 0.251. The van der Waals surface area contributed by atoms with Crippen LogP contribution >= 0.6 is 15.9 Å². The third kappa shape index (κ3) is 5.05. The molecule has 1 aromatic carbocycles. The topological polar surface area (TPSA) is 83.5 Å². The Hall–Kier alpha value is -1.08. The summed E-state index contributed by atoms with van der Waals surface area (Å²) in [6.07, 6.45) is 1.50. The Morgan fingerprint density at radius 1 is 1.44 bits per heavy atom. The molecule has 100 valence electrons. The number of halogens is 1. The van der Waals surface area contributed by atoms with Gasteiger partial charge >= 0.3 is 0 Å². The minimum absolute atomic E-state index is 0.0274. The van der Waals surface area contributed by atoms with Gasteiger partial charge in [0.2, 0.25) is 0 Å². The number of carbonyl (C=O) groups excluding carboxylic acids is 1. The van der Waals surface area contributed by atoms with Crippen LogP contribution in [0.25, 0.3) is 0 Å². The quantitative estimate of drug-likeness (QED) is 0.795. The van der Waals surface area contributed by atoms with Gasteiger partial charge in [0.25, 0.3) is 5.91 Å². The van der Waals surface area contributed by atoms with Gasteiger partial charge in [0.1, 0.15) is 15.6 Å². The van der Waals surface area contributed by atoms with Crippen molar-refractivity contribution in [3.8, 4) is 5.75 Å². The van der Waals surface area contributed by atoms with Gasteiger partial charge in [-0.3, -0.25) is 4.79 Å². The van der Waals surface area contributed by atoms with Crippen LogP contribution in [0.2, 0.25) is 0 Å². The molecule has 18 heavy (non-hydrogen) atoms. The van der Waals surface area contributed by atoms with Crippen LogP contribution < -0.4 is 5.32 Å². The number of nitrogens with one attached hydrogen (secondary N) is 1. The number of hydrogen-bond acceptors (Lipinski definition) is 4. The molecule has 0 unspecified atom stereocenters. The summed E-state index contributed by atoms with van der Waals surface area (Å²) in [6, 6.07) is 4.56. The van der Waals surface area contributed by atoms with E-state index in [1.807, 2.05) is 0 Å². The fourth-order valence-corrected chi connectivity index (χ4v) is 2.35. The molecule has 0 spiro atoms. The fourth-order valence-electron chi connectivity index (χ4n) is 1.33. The molecule has 1 aromatic rings. The van der Waals surface area contributed by atoms with Crippen molar-refractivity contribution < 1.29 is 18.3 Å². The Kier molecular flexibility index (Phi) is 5.15. The maximum absolute atomic E-state index is 11.7. The standard InChI is InChI=1S/C11H14BrNO4S/c1-18(16,17)6-2-5-13-11(15)9-4-3-8(12)7-10(9)14/h3-4,7,14H,2,5-6H2,1H3,(H,13,15). The minimum atomic E-state index is -3.01. The molecule has 0 aliphatic carbocycles. The van der Waals surface area contributed by atoms with Gasteiger partial charge in [-0.25, -0.2) is 8.42 Å². The Balaban J connectivity index is 2.51. The summed E-state index contributed by atoms with van der Waals surface area (Å²) in [5.41, 5.74) is 0.164. The van der Waals surface area contributed by atoms with Gasteiger partial charge in [-0.15, -0.1) is 0 Å². The van der Waals surface area contributed by atoms with Crippen LogP contribution in [0.1, 0.15) is 16.8 Å². The van der Waals surface area contributed by atoms with Crippen LogP contribution in [-0.4, -0.2) is 38.0 Å². The monoisotopic (exact) mass is 335 g/mol. The lowest BCUT2D eigenvalue weighted by atomic mass is 10.2. The van der Waals surface area contributed by atoms with E-state index in [9.17, 15) is 18.3 Å². The summed E-state index contributed by atoms with van der Waals surface area (Å²) in [7, 11) is -3.01. The van der Waals surface area contributed by atoms with Gasteiger partial charge in [-0.05, 0) is 24.6 Å². The molecule has 5 nitrogen and oxygen atoms in total. The lowest BCUT2D eigenvalue weighted by Crippen LogP contribution is -2.25. The van der Waals surface area contributed by atoms with Crippen molar-refractivity contribution in [2.24, 2.45) is 0 Å². The first-order valence-electron chi connectivity index (χ1n) is 5.24. The number of phenolic OH excluding ortho intramolecular Hbond substituents is 1. The Bertz CT molecular complexity index is 542. The predicted molar refractivity (Wildman–Crippen MR) is 72.5 cm³/mol. The molecule has 1 rings (SSSR count). The second-order valence-corrected chi connectivity index (χ2v) is 7.08. The van der Waals surface area contributed by atoms with Crippen molar-refractivity contribution in [1.82, 2.24) is 5.32 Å². The van der Waals surface area contributed by atoms with E-state index in [1.54, 1.807) is 6.07 Å². The molecular weight excluding hydrogens is 322 g/mol. The molecule has 0 bridgehead atoms. The summed E-state index contributed by atoms with van der Waals surface area (Å²) in [4.78, 5) is 11.7. The molecule has 7 heteroatoms. The van der Waals surface area contributed by atoms with E-state index in [0.717, 1.165) is 6.26 Å². The second-order valence-electron chi connectivity index (χ2n) is 3.90. The molecule has 0 heterocycles. The van der Waals surface area contributed by atoms with E-state index >= 15 is 0 Å². The van der Waals surface area contributed by atoms with Crippen molar-refractivity contribution in [3.63, 3.8) is 0 Å². The van der Waals surface area contributed by atoms with Crippen LogP contribution in [0, 0.1) is 0 Å². The van der Waals surface area contributed by atoms with Crippen molar-refractivity contribution in [3.05, 3.63) is 28.2 Å². The van der Waals surface area contributed by atoms with Gasteiger partial charge < -0.3 is 10.4 Å². The van der Waals surface area contributed by atoms with E-state index in [0.29, 0.717) is 10.9 Å². The first-order chi connectivity index (χ1) is 8.29. The average molecular weight is 336 g/mol. The summed E-state index contributed by atoms with van der Waals surface area (Å²) in [5.74, 6) is -0.516. The highest BCUT2D eigenvalue weighted by molar-refractivity contribution is 9.10. The zero-order chi connectivity index (χ0) is 13.8. The minimum Gasteiger partial charge on any atom is -0.507 e. The number of aromatic hydroxyl groups is 1. The lowest BCUT2D eigenvalue weighted by Gasteiger charge is -2.06. The molecule has 0 aromatic heterocycles. The molecular formula is C11H14BrNO4S. The largest absolute Gasteiger partial charge is 0.507 e. The molecule has 0 aliphatic rings. The Morgan fingerprint density at radius 2 is 2.11 bits per heavy atom. The third-order valence-corrected chi connectivity index (χ3v) is 3.71. The molecule has 1 amide bonds. The predicted octanol–water partition coefficient (Wildman–Crippen LogP) is 1.32. The number of phenols is 1. The lowest BCUT2D eigenvalue weighted by molar-refractivity contribution is 0.0951. The SMILES string of the molecule is CS(=O)(=O)CCCNC(=O)c1ccc(Br)cc1O. The van der Waals surface area contributed by atoms with Crippen molar-refractivity contribution in [1.29, 1.82) is 0 Å². The van der Waals surface area contributed by atoms with Crippen molar-refractivity contribution in [2.75, 3.05) is 18.6 Å². The fraction of sp³-hybridized carbons (Fsp3) is 0.364. The highest BCUT2D eigenvalue weighted by atomic mass is 79.9. The first-order valence-corrected chi connectivity index (χ1v) is 8.09. The van der Waals surface area contributed by atoms with E-state index in [4.69, 9.17) is 0 Å². The maximum atomic E-state index is 11.7. The zero-order valence-corrected chi connectivity index (χ0v) is 12.2. The van der Waals surface area contributed by atoms with Crippen LogP contribution in [0.5, 0.6) is 5.75 Å². The highest BCUT2D eigenvalue weighted by Gasteiger charge is 2.11. The summed E-state index contributed by atoms with van der Waals surface area (Å²) < 4.78 is 22.4. The molecule has 2 N–H and O–H groups in total. The molecule has 0 fully saturated rings. The Labute approximate surface area is 114 Å². The van der Waals surface area contributed by atoms with E-state index in [-0.39, 0.29) is 23.6 Å². The Morgan fingerprint density at radius 3 is 2.67 bits per heavy atom. The number of benzene rings is 1. The number of carbonyl (C=O) groups is 1. The molecule has 0 saturated carbocycles. The van der Waals surface area contributed by atoms with Crippen LogP contribution in [0.15, 0.2) is 22.7 Å². The van der Waals surface area contributed by atoms with Gasteiger partial charge in [0, 0.05) is 17.3 Å². The van der Waals surface area contributed by atoms with Crippen molar-refractivity contribution >= 4 is 31.7 Å². The van der Waals surface area contributed by atoms with Gasteiger partial charge in [0.05, 0.1) is 11.3 Å². The molecule has 0 atom stereocenters. The second kappa shape index (κ2) is 6.19. The number of rotatable bonds is 5. The molecule has 0 saturated heterocycles. The van der Waals surface area contributed by atoms with Gasteiger partial charge in [0.15, 0.2) is 0 Å². The van der Waals surface area contributed by atoms with Crippen LogP contribution in [0.4, 0.5) is 0 Å². The third-order valence-electron chi connectivity index (χ3n) is 2.18. The molecule has 0 aliphatic heterocycles. The zero-order valence-electron chi connectivity index (χ0n) is 9.81. The van der Waals surface area contributed by atoms with E-state index in [2.05, 4.69) is 21.2 Å². The van der Waals surface area contributed by atoms with Crippen molar-refractivity contribution in [2.45, 2.75) is 6.42 Å². The van der Waals surface area contributed by atoms with Crippen LogP contribution in [0.3, 0.4) is 0 Å². The van der Waals surface area contributed by atoms with Gasteiger partial charge in [-0.1, -0.05) is 15.9 Å². The number of sulfone groups is 1. The first kappa shape index (κ1) is 15.0. The maximum Gasteiger partial charge on any atom is 0.255 e. The smallest absolute Gasteiger partial charge is 0.255 e. The molecule has 0 radical (unpaired) electrons. The van der Waals surface area contributed by atoms with Gasteiger partial charge in [-0.2, -0.15) is 0 Å².